The van der Waals surface area contributed by atoms with Crippen LogP contribution < -0.4 is 14.8 Å². The number of imidazole rings is 1. The number of thioether (sulfide) groups is 1. The molecule has 1 heterocycles. The molecule has 146 valence electrons. The number of aromatic nitrogens is 2. The first-order chi connectivity index (χ1) is 13.5. The maximum Gasteiger partial charge on any atom is 0.296 e. The third kappa shape index (κ3) is 4.52. The predicted molar refractivity (Wildman–Crippen MR) is 106 cm³/mol. The van der Waals surface area contributed by atoms with Crippen molar-refractivity contribution in [2.45, 2.75) is 12.1 Å². The molecule has 0 spiro atoms. The zero-order chi connectivity index (χ0) is 20.1. The SMILES string of the molecule is CCOc1ccc2nc(SCC(=O)Nc3ccc(OC)cc3[N+](=O)[O-])[nH]c2c1. The molecule has 1 aromatic heterocycles. The fraction of sp³-hybridized carbons (Fsp3) is 0.222. The van der Waals surface area contributed by atoms with Gasteiger partial charge in [0.25, 0.3) is 5.69 Å². The summed E-state index contributed by atoms with van der Waals surface area (Å²) in [6, 6.07) is 9.76. The number of fused-ring (bicyclic) bond motifs is 1. The molecule has 0 saturated heterocycles. The summed E-state index contributed by atoms with van der Waals surface area (Å²) in [5, 5.41) is 14.3. The third-order valence-corrected chi connectivity index (χ3v) is 4.63. The van der Waals surface area contributed by atoms with E-state index in [-0.39, 0.29) is 23.0 Å². The number of H-pyrrole nitrogens is 1. The number of hydrogen-bond acceptors (Lipinski definition) is 7. The Labute approximate surface area is 164 Å². The van der Waals surface area contributed by atoms with Crippen LogP contribution in [-0.4, -0.2) is 40.3 Å². The zero-order valence-corrected chi connectivity index (χ0v) is 16.0. The Kier molecular flexibility index (Phi) is 5.99. The van der Waals surface area contributed by atoms with E-state index in [1.54, 1.807) is 6.07 Å². The lowest BCUT2D eigenvalue weighted by Crippen LogP contribution is -2.15. The van der Waals surface area contributed by atoms with E-state index in [2.05, 4.69) is 15.3 Å². The molecule has 0 aliphatic carbocycles. The van der Waals surface area contributed by atoms with E-state index in [0.717, 1.165) is 16.8 Å². The molecule has 0 bridgehead atoms. The van der Waals surface area contributed by atoms with Gasteiger partial charge in [0.15, 0.2) is 5.16 Å². The summed E-state index contributed by atoms with van der Waals surface area (Å²) >= 11 is 1.20. The number of nitrogens with one attached hydrogen (secondary N) is 2. The molecule has 28 heavy (non-hydrogen) atoms. The average Bonchev–Trinajstić information content (AvgIpc) is 3.09. The van der Waals surface area contributed by atoms with Crippen molar-refractivity contribution in [1.29, 1.82) is 0 Å². The van der Waals surface area contributed by atoms with Crippen molar-refractivity contribution in [3.63, 3.8) is 0 Å². The van der Waals surface area contributed by atoms with Crippen molar-refractivity contribution < 1.29 is 19.2 Å². The summed E-state index contributed by atoms with van der Waals surface area (Å²) in [6.07, 6.45) is 0. The van der Waals surface area contributed by atoms with Crippen LogP contribution in [0.15, 0.2) is 41.6 Å². The molecule has 1 amide bonds. The van der Waals surface area contributed by atoms with E-state index in [1.165, 1.54) is 31.0 Å². The Morgan fingerprint density at radius 1 is 1.29 bits per heavy atom. The second-order valence-corrected chi connectivity index (χ2v) is 6.60. The van der Waals surface area contributed by atoms with Gasteiger partial charge in [-0.15, -0.1) is 0 Å². The van der Waals surface area contributed by atoms with Gasteiger partial charge in [-0.25, -0.2) is 4.98 Å². The van der Waals surface area contributed by atoms with Crippen molar-refractivity contribution >= 4 is 40.1 Å². The Hall–Kier alpha value is -3.27. The van der Waals surface area contributed by atoms with E-state index in [4.69, 9.17) is 9.47 Å². The van der Waals surface area contributed by atoms with Crippen LogP contribution in [-0.2, 0) is 4.79 Å². The van der Waals surface area contributed by atoms with Gasteiger partial charge in [0.05, 0.1) is 41.5 Å². The lowest BCUT2D eigenvalue weighted by Gasteiger charge is -2.07. The Morgan fingerprint density at radius 3 is 2.79 bits per heavy atom. The highest BCUT2D eigenvalue weighted by Crippen LogP contribution is 2.29. The molecule has 10 heteroatoms. The molecule has 2 aromatic carbocycles. The van der Waals surface area contributed by atoms with Gasteiger partial charge in [-0.05, 0) is 31.2 Å². The number of carbonyl (C=O) groups is 1. The van der Waals surface area contributed by atoms with Gasteiger partial charge >= 0.3 is 0 Å². The Bertz CT molecular complexity index is 1020. The fourth-order valence-electron chi connectivity index (χ4n) is 2.51. The number of carbonyl (C=O) groups excluding carboxylic acids is 1. The first-order valence-electron chi connectivity index (χ1n) is 8.37. The van der Waals surface area contributed by atoms with Crippen LogP contribution in [0, 0.1) is 10.1 Å². The average molecular weight is 402 g/mol. The minimum absolute atomic E-state index is 0.0430. The smallest absolute Gasteiger partial charge is 0.296 e. The highest BCUT2D eigenvalue weighted by atomic mass is 32.2. The normalized spacial score (nSPS) is 10.6. The molecule has 0 unspecified atom stereocenters. The molecule has 9 nitrogen and oxygen atoms in total. The highest BCUT2D eigenvalue weighted by Gasteiger charge is 2.17. The van der Waals surface area contributed by atoms with Gasteiger partial charge in [-0.1, -0.05) is 11.8 Å². The molecule has 3 aromatic rings. The number of nitrogens with zero attached hydrogens (tertiary/aromatic N) is 2. The second-order valence-electron chi connectivity index (χ2n) is 5.63. The highest BCUT2D eigenvalue weighted by molar-refractivity contribution is 7.99. The Balaban J connectivity index is 1.66. The number of aromatic amines is 1. The first kappa shape index (κ1) is 19.5. The van der Waals surface area contributed by atoms with Crippen LogP contribution in [0.3, 0.4) is 0 Å². The van der Waals surface area contributed by atoms with Crippen LogP contribution in [0.5, 0.6) is 11.5 Å². The number of amides is 1. The summed E-state index contributed by atoms with van der Waals surface area (Å²) in [7, 11) is 1.42. The van der Waals surface area contributed by atoms with Crippen LogP contribution >= 0.6 is 11.8 Å². The third-order valence-electron chi connectivity index (χ3n) is 3.76. The summed E-state index contributed by atoms with van der Waals surface area (Å²) in [5.74, 6) is 0.739. The summed E-state index contributed by atoms with van der Waals surface area (Å²) in [5.41, 5.74) is 1.45. The number of nitro groups is 1. The van der Waals surface area contributed by atoms with E-state index >= 15 is 0 Å². The predicted octanol–water partition coefficient (Wildman–Crippen LogP) is 3.61. The number of benzene rings is 2. The van der Waals surface area contributed by atoms with Crippen molar-refractivity contribution in [3.8, 4) is 11.5 Å². The molecule has 0 radical (unpaired) electrons. The van der Waals surface area contributed by atoms with Gasteiger partial charge in [-0.3, -0.25) is 14.9 Å². The molecule has 0 aliphatic rings. The van der Waals surface area contributed by atoms with Crippen LogP contribution in [0.25, 0.3) is 11.0 Å². The Morgan fingerprint density at radius 2 is 2.07 bits per heavy atom. The van der Waals surface area contributed by atoms with Crippen LogP contribution in [0.4, 0.5) is 11.4 Å². The maximum absolute atomic E-state index is 12.2. The van der Waals surface area contributed by atoms with E-state index in [1.807, 2.05) is 25.1 Å². The summed E-state index contributed by atoms with van der Waals surface area (Å²) < 4.78 is 10.4. The van der Waals surface area contributed by atoms with Crippen molar-refractivity contribution in [1.82, 2.24) is 9.97 Å². The van der Waals surface area contributed by atoms with Crippen molar-refractivity contribution in [2.24, 2.45) is 0 Å². The molecule has 2 N–H and O–H groups in total. The number of methoxy groups -OCH3 is 1. The lowest BCUT2D eigenvalue weighted by molar-refractivity contribution is -0.384. The number of nitro benzene ring substituents is 1. The molecule has 0 atom stereocenters. The quantitative estimate of drug-likeness (QED) is 0.335. The topological polar surface area (TPSA) is 119 Å². The molecule has 0 saturated carbocycles. The molecular formula is C18H18N4O5S. The minimum atomic E-state index is -0.569. The molecule has 0 aliphatic heterocycles. The van der Waals surface area contributed by atoms with E-state index < -0.39 is 4.92 Å². The monoisotopic (exact) mass is 402 g/mol. The summed E-state index contributed by atoms with van der Waals surface area (Å²) in [4.78, 5) is 30.4. The molecule has 3 rings (SSSR count). The number of hydrogen-bond donors (Lipinski definition) is 2. The van der Waals surface area contributed by atoms with E-state index in [9.17, 15) is 14.9 Å². The number of ether oxygens (including phenoxy) is 2. The minimum Gasteiger partial charge on any atom is -0.496 e. The van der Waals surface area contributed by atoms with Gasteiger partial charge in [0.1, 0.15) is 17.2 Å². The van der Waals surface area contributed by atoms with E-state index in [0.29, 0.717) is 17.5 Å². The van der Waals surface area contributed by atoms with Gasteiger partial charge in [-0.2, -0.15) is 0 Å². The van der Waals surface area contributed by atoms with Crippen LogP contribution in [0.1, 0.15) is 6.92 Å². The van der Waals surface area contributed by atoms with Gasteiger partial charge < -0.3 is 19.8 Å². The lowest BCUT2D eigenvalue weighted by atomic mass is 10.2. The van der Waals surface area contributed by atoms with Gasteiger partial charge in [0.2, 0.25) is 5.91 Å². The maximum atomic E-state index is 12.2. The van der Waals surface area contributed by atoms with Gasteiger partial charge in [0, 0.05) is 6.07 Å². The fourth-order valence-corrected chi connectivity index (χ4v) is 3.19. The largest absolute Gasteiger partial charge is 0.496 e. The molecular weight excluding hydrogens is 384 g/mol. The molecule has 0 fully saturated rings. The zero-order valence-electron chi connectivity index (χ0n) is 15.2. The second kappa shape index (κ2) is 8.61. The first-order valence-corrected chi connectivity index (χ1v) is 9.36. The summed E-state index contributed by atoms with van der Waals surface area (Å²) in [6.45, 7) is 2.48. The van der Waals surface area contributed by atoms with Crippen molar-refractivity contribution in [2.75, 3.05) is 24.8 Å². The number of anilines is 1. The van der Waals surface area contributed by atoms with Crippen molar-refractivity contribution in [3.05, 3.63) is 46.5 Å². The van der Waals surface area contributed by atoms with Crippen LogP contribution in [0.2, 0.25) is 0 Å². The number of rotatable bonds is 8. The standard InChI is InChI=1S/C18H18N4O5S/c1-3-27-12-5-6-13-15(8-12)21-18(20-13)28-10-17(23)19-14-7-4-11(26-2)9-16(14)22(24)25/h4-9H,3,10H2,1-2H3,(H,19,23)(H,20,21).